The summed E-state index contributed by atoms with van der Waals surface area (Å²) in [6, 6.07) is 0. The Kier molecular flexibility index (Phi) is 12.8. The molecule has 23 atom stereocenters. The SMILES string of the molecule is C=C(C)C1CCC2(C(=O)O)CCC3(C)C(=CCC4C5(C)CCC(OC6OCC(OC7OC(CO)C(O)C(O)C7OC7OC(C)C(O)C(O)C7O)C(O)C6O)C(C)(C)C5CCC43C)C12. The maximum absolute atomic E-state index is 13.1. The van der Waals surface area contributed by atoms with Gasteiger partial charge in [0.05, 0.1) is 30.8 Å². The summed E-state index contributed by atoms with van der Waals surface area (Å²) in [5.41, 5.74) is 1.12. The van der Waals surface area contributed by atoms with Crippen LogP contribution in [-0.2, 0) is 33.2 Å². The largest absolute Gasteiger partial charge is 0.481 e. The molecule has 3 saturated heterocycles. The Hall–Kier alpha value is -1.61. The summed E-state index contributed by atoms with van der Waals surface area (Å²) in [5.74, 6) is 0.107. The molecule has 7 fully saturated rings. The van der Waals surface area contributed by atoms with E-state index < -0.39 is 104 Å². The van der Waals surface area contributed by atoms with Crippen molar-refractivity contribution in [3.8, 4) is 0 Å². The van der Waals surface area contributed by atoms with Crippen LogP contribution in [0.2, 0.25) is 0 Å². The second kappa shape index (κ2) is 16.9. The number of ether oxygens (including phenoxy) is 6. The summed E-state index contributed by atoms with van der Waals surface area (Å²) in [7, 11) is 0. The van der Waals surface area contributed by atoms with Crippen LogP contribution in [0.5, 0.6) is 0 Å². The second-order valence-electron chi connectivity index (χ2n) is 22.1. The third-order valence-electron chi connectivity index (χ3n) is 18.8. The molecule has 4 saturated carbocycles. The molecule has 0 aromatic heterocycles. The summed E-state index contributed by atoms with van der Waals surface area (Å²) in [5, 5.41) is 96.5. The first kappa shape index (κ1) is 47.9. The Bertz CT molecular complexity index is 1760. The standard InChI is InChI=1S/C47H74O16/c1-21(2)23-11-16-47(42(56)57)18-17-45(7)24(30(23)47)9-10-28-44(6)14-13-29(43(4,5)27(44)12-15-46(28,45)8)62-39-36(54)33(51)26(20-58-39)61-41-38(35(53)32(50)25(19-48)60-41)63-40-37(55)34(52)31(49)22(3)59-40/h9,22-23,25-41,48-55H,1,10-20H2,2-8H3,(H,56,57). The number of carboxylic acids is 1. The quantitative estimate of drug-likeness (QED) is 0.119. The molecule has 23 unspecified atom stereocenters. The molecule has 16 nitrogen and oxygen atoms in total. The number of aliphatic hydroxyl groups excluding tert-OH is 8. The van der Waals surface area contributed by atoms with Gasteiger partial charge in [0.15, 0.2) is 18.9 Å². The van der Waals surface area contributed by atoms with Crippen LogP contribution in [-0.4, -0.2) is 157 Å². The fourth-order valence-corrected chi connectivity index (χ4v) is 14.9. The Morgan fingerprint density at radius 1 is 0.762 bits per heavy atom. The zero-order valence-electron chi connectivity index (χ0n) is 37.9. The molecule has 9 N–H and O–H groups in total. The minimum absolute atomic E-state index is 0.0285. The molecule has 0 aromatic rings. The summed E-state index contributed by atoms with van der Waals surface area (Å²) >= 11 is 0. The van der Waals surface area contributed by atoms with E-state index in [2.05, 4.69) is 54.2 Å². The average molecular weight is 895 g/mol. The van der Waals surface area contributed by atoms with Crippen LogP contribution in [0.1, 0.15) is 106 Å². The number of rotatable bonds is 9. The Morgan fingerprint density at radius 3 is 2.13 bits per heavy atom. The molecule has 8 aliphatic rings. The van der Waals surface area contributed by atoms with Crippen LogP contribution in [0.25, 0.3) is 0 Å². The van der Waals surface area contributed by atoms with E-state index in [0.29, 0.717) is 25.2 Å². The maximum atomic E-state index is 13.1. The van der Waals surface area contributed by atoms with Gasteiger partial charge in [0.1, 0.15) is 61.0 Å². The summed E-state index contributed by atoms with van der Waals surface area (Å²) in [6.07, 6.45) is -11.3. The van der Waals surface area contributed by atoms with E-state index in [1.165, 1.54) is 12.5 Å². The first-order valence-corrected chi connectivity index (χ1v) is 23.3. The Balaban J connectivity index is 0.956. The summed E-state index contributed by atoms with van der Waals surface area (Å²) in [6.45, 7) is 18.7. The van der Waals surface area contributed by atoms with Gasteiger partial charge in [0.25, 0.3) is 0 Å². The van der Waals surface area contributed by atoms with Crippen molar-refractivity contribution in [1.29, 1.82) is 0 Å². The van der Waals surface area contributed by atoms with Crippen molar-refractivity contribution in [1.82, 2.24) is 0 Å². The third kappa shape index (κ3) is 7.26. The lowest BCUT2D eigenvalue weighted by Crippen LogP contribution is -2.66. The van der Waals surface area contributed by atoms with E-state index in [-0.39, 0.29) is 52.1 Å². The number of carboxylic acid groups (broad SMARTS) is 1. The Morgan fingerprint density at radius 2 is 1.46 bits per heavy atom. The van der Waals surface area contributed by atoms with E-state index >= 15 is 0 Å². The normalized spacial score (nSPS) is 54.2. The van der Waals surface area contributed by atoms with Crippen molar-refractivity contribution in [3.63, 3.8) is 0 Å². The van der Waals surface area contributed by atoms with Gasteiger partial charge in [-0.1, -0.05) is 58.4 Å². The minimum Gasteiger partial charge on any atom is -0.481 e. The van der Waals surface area contributed by atoms with E-state index in [1.54, 1.807) is 0 Å². The highest BCUT2D eigenvalue weighted by Gasteiger charge is 2.70. The predicted molar refractivity (Wildman–Crippen MR) is 223 cm³/mol. The molecule has 0 aromatic carbocycles. The molecular weight excluding hydrogens is 821 g/mol. The van der Waals surface area contributed by atoms with Crippen LogP contribution < -0.4 is 0 Å². The van der Waals surface area contributed by atoms with E-state index in [0.717, 1.165) is 44.1 Å². The average Bonchev–Trinajstić information content (AvgIpc) is 3.64. The lowest BCUT2D eigenvalue weighted by molar-refractivity contribution is -0.382. The fraction of sp³-hybridized carbons (Fsp3) is 0.894. The van der Waals surface area contributed by atoms with Crippen LogP contribution in [0.15, 0.2) is 23.8 Å². The molecule has 0 amide bonds. The van der Waals surface area contributed by atoms with Crippen molar-refractivity contribution in [2.75, 3.05) is 13.2 Å². The summed E-state index contributed by atoms with van der Waals surface area (Å²) < 4.78 is 35.9. The van der Waals surface area contributed by atoms with Gasteiger partial charge in [-0.05, 0) is 111 Å². The molecule has 16 heteroatoms. The number of allylic oxidation sites excluding steroid dienone is 3. The van der Waals surface area contributed by atoms with Crippen molar-refractivity contribution < 1.29 is 79.2 Å². The van der Waals surface area contributed by atoms with Crippen molar-refractivity contribution >= 4 is 5.97 Å². The summed E-state index contributed by atoms with van der Waals surface area (Å²) in [4.78, 5) is 13.1. The molecule has 63 heavy (non-hydrogen) atoms. The lowest BCUT2D eigenvalue weighted by atomic mass is 9.34. The topological polar surface area (TPSA) is 255 Å². The van der Waals surface area contributed by atoms with Crippen molar-refractivity contribution in [3.05, 3.63) is 23.8 Å². The molecule has 8 rings (SSSR count). The Labute approximate surface area is 370 Å². The van der Waals surface area contributed by atoms with Crippen LogP contribution in [0.3, 0.4) is 0 Å². The number of carbonyl (C=O) groups is 1. The number of hydrogen-bond acceptors (Lipinski definition) is 15. The van der Waals surface area contributed by atoms with Crippen LogP contribution in [0, 0.1) is 50.7 Å². The molecule has 0 spiro atoms. The predicted octanol–water partition coefficient (Wildman–Crippen LogP) is 2.15. The molecular formula is C47H74O16. The van der Waals surface area contributed by atoms with E-state index in [9.17, 15) is 50.8 Å². The highest BCUT2D eigenvalue weighted by molar-refractivity contribution is 5.77. The van der Waals surface area contributed by atoms with E-state index in [4.69, 9.17) is 28.4 Å². The van der Waals surface area contributed by atoms with Crippen LogP contribution in [0.4, 0.5) is 0 Å². The number of hydrogen-bond donors (Lipinski definition) is 9. The van der Waals surface area contributed by atoms with Gasteiger partial charge in [0, 0.05) is 5.92 Å². The van der Waals surface area contributed by atoms with Gasteiger partial charge in [-0.3, -0.25) is 4.79 Å². The van der Waals surface area contributed by atoms with Crippen molar-refractivity contribution in [2.24, 2.45) is 50.7 Å². The van der Waals surface area contributed by atoms with E-state index in [1.807, 2.05) is 0 Å². The molecule has 0 radical (unpaired) electrons. The number of aliphatic carboxylic acids is 1. The highest BCUT2D eigenvalue weighted by Crippen LogP contribution is 2.76. The van der Waals surface area contributed by atoms with Gasteiger partial charge in [-0.25, -0.2) is 0 Å². The van der Waals surface area contributed by atoms with Gasteiger partial charge in [-0.2, -0.15) is 0 Å². The zero-order valence-corrected chi connectivity index (χ0v) is 37.9. The van der Waals surface area contributed by atoms with Crippen LogP contribution >= 0.6 is 0 Å². The smallest absolute Gasteiger partial charge is 0.310 e. The molecule has 3 aliphatic heterocycles. The molecule has 3 heterocycles. The van der Waals surface area contributed by atoms with Gasteiger partial charge in [0.2, 0.25) is 0 Å². The first-order valence-electron chi connectivity index (χ1n) is 23.3. The third-order valence-corrected chi connectivity index (χ3v) is 18.8. The number of fused-ring (bicyclic) bond motifs is 7. The van der Waals surface area contributed by atoms with Gasteiger partial charge < -0.3 is 74.4 Å². The monoisotopic (exact) mass is 894 g/mol. The van der Waals surface area contributed by atoms with Gasteiger partial charge in [-0.15, -0.1) is 0 Å². The lowest BCUT2D eigenvalue weighted by Gasteiger charge is -2.70. The highest BCUT2D eigenvalue weighted by atomic mass is 16.8. The molecule has 0 bridgehead atoms. The van der Waals surface area contributed by atoms with Crippen molar-refractivity contribution in [2.45, 2.75) is 198 Å². The second-order valence-corrected chi connectivity index (χ2v) is 22.1. The minimum atomic E-state index is -1.76. The molecule has 5 aliphatic carbocycles. The first-order chi connectivity index (χ1) is 29.5. The maximum Gasteiger partial charge on any atom is 0.310 e. The number of aliphatic hydroxyl groups is 8. The zero-order chi connectivity index (χ0) is 45.9. The van der Waals surface area contributed by atoms with Gasteiger partial charge >= 0.3 is 5.97 Å². The fourth-order valence-electron chi connectivity index (χ4n) is 14.9. The molecule has 358 valence electrons.